The highest BCUT2D eigenvalue weighted by Crippen LogP contribution is 2.31. The van der Waals surface area contributed by atoms with Crippen molar-refractivity contribution in [3.05, 3.63) is 39.7 Å². The van der Waals surface area contributed by atoms with Crippen LogP contribution in [0.15, 0.2) is 24.3 Å². The van der Waals surface area contributed by atoms with Crippen LogP contribution in [0.25, 0.3) is 0 Å². The largest absolute Gasteiger partial charge is 0.382 e. The van der Waals surface area contributed by atoms with E-state index in [1.165, 1.54) is 30.6 Å². The first-order valence-corrected chi connectivity index (χ1v) is 8.66. The van der Waals surface area contributed by atoms with E-state index in [2.05, 4.69) is 10.3 Å². The van der Waals surface area contributed by atoms with Crippen LogP contribution in [0.3, 0.4) is 0 Å². The number of ketones is 1. The number of benzene rings is 1. The maximum Gasteiger partial charge on any atom is 0.208 e. The Morgan fingerprint density at radius 1 is 1.27 bits per heavy atom. The number of anilines is 2. The number of carbonyl (C=O) groups excluding carboxylic acids is 1. The molecule has 1 aromatic heterocycles. The highest BCUT2D eigenvalue weighted by molar-refractivity contribution is 7.18. The van der Waals surface area contributed by atoms with Gasteiger partial charge >= 0.3 is 0 Å². The Morgan fingerprint density at radius 3 is 2.73 bits per heavy atom. The van der Waals surface area contributed by atoms with Gasteiger partial charge in [-0.1, -0.05) is 54.3 Å². The van der Waals surface area contributed by atoms with E-state index in [4.69, 9.17) is 17.3 Å². The second-order valence-electron chi connectivity index (χ2n) is 5.52. The van der Waals surface area contributed by atoms with E-state index < -0.39 is 0 Å². The van der Waals surface area contributed by atoms with Gasteiger partial charge in [0.1, 0.15) is 10.7 Å². The lowest BCUT2D eigenvalue weighted by Gasteiger charge is -2.22. The summed E-state index contributed by atoms with van der Waals surface area (Å²) >= 11 is 7.40. The SMILES string of the molecule is Nc1nc(NC2CCCCC2)sc1C(=O)c1ccccc1Cl. The number of aromatic nitrogens is 1. The summed E-state index contributed by atoms with van der Waals surface area (Å²) in [5, 5.41) is 4.56. The molecule has 2 aromatic rings. The number of thiazole rings is 1. The van der Waals surface area contributed by atoms with Gasteiger partial charge in [-0.3, -0.25) is 4.79 Å². The number of rotatable bonds is 4. The molecule has 0 atom stereocenters. The molecule has 1 aliphatic rings. The molecule has 1 heterocycles. The minimum atomic E-state index is -0.169. The number of carbonyl (C=O) groups is 1. The Morgan fingerprint density at radius 2 is 2.00 bits per heavy atom. The third kappa shape index (κ3) is 3.25. The minimum absolute atomic E-state index is 0.169. The lowest BCUT2D eigenvalue weighted by molar-refractivity contribution is 0.104. The van der Waals surface area contributed by atoms with Gasteiger partial charge in [0, 0.05) is 11.6 Å². The zero-order valence-corrected chi connectivity index (χ0v) is 13.7. The number of halogens is 1. The second-order valence-corrected chi connectivity index (χ2v) is 6.93. The zero-order chi connectivity index (χ0) is 15.5. The average molecular weight is 336 g/mol. The van der Waals surface area contributed by atoms with Crippen molar-refractivity contribution in [2.24, 2.45) is 0 Å². The van der Waals surface area contributed by atoms with Crippen molar-refractivity contribution in [3.8, 4) is 0 Å². The van der Waals surface area contributed by atoms with Crippen LogP contribution in [-0.2, 0) is 0 Å². The van der Waals surface area contributed by atoms with E-state index in [9.17, 15) is 4.79 Å². The van der Waals surface area contributed by atoms with Crippen LogP contribution in [0.4, 0.5) is 10.9 Å². The average Bonchev–Trinajstić information content (AvgIpc) is 2.88. The quantitative estimate of drug-likeness (QED) is 0.815. The van der Waals surface area contributed by atoms with Gasteiger partial charge in [0.15, 0.2) is 5.13 Å². The van der Waals surface area contributed by atoms with Crippen LogP contribution in [0, 0.1) is 0 Å². The molecular formula is C16H18ClN3OS. The Labute approximate surface area is 138 Å². The monoisotopic (exact) mass is 335 g/mol. The second kappa shape index (κ2) is 6.67. The molecule has 116 valence electrons. The number of nitrogens with zero attached hydrogens (tertiary/aromatic N) is 1. The summed E-state index contributed by atoms with van der Waals surface area (Å²) < 4.78 is 0. The Bertz CT molecular complexity index is 680. The first kappa shape index (κ1) is 15.3. The highest BCUT2D eigenvalue weighted by atomic mass is 35.5. The van der Waals surface area contributed by atoms with E-state index in [0.29, 0.717) is 21.5 Å². The molecule has 0 unspecified atom stereocenters. The van der Waals surface area contributed by atoms with Crippen LogP contribution >= 0.6 is 22.9 Å². The topological polar surface area (TPSA) is 68.0 Å². The maximum absolute atomic E-state index is 12.6. The van der Waals surface area contributed by atoms with Gasteiger partial charge in [0.25, 0.3) is 0 Å². The fraction of sp³-hybridized carbons (Fsp3) is 0.375. The fourth-order valence-corrected chi connectivity index (χ4v) is 3.88. The maximum atomic E-state index is 12.6. The molecule has 0 amide bonds. The van der Waals surface area contributed by atoms with E-state index in [1.54, 1.807) is 24.3 Å². The Kier molecular flexibility index (Phi) is 4.64. The van der Waals surface area contributed by atoms with Crippen LogP contribution < -0.4 is 11.1 Å². The highest BCUT2D eigenvalue weighted by Gasteiger charge is 2.21. The first-order valence-electron chi connectivity index (χ1n) is 7.47. The summed E-state index contributed by atoms with van der Waals surface area (Å²) in [6.07, 6.45) is 6.07. The van der Waals surface area contributed by atoms with Crippen molar-refractivity contribution in [1.82, 2.24) is 4.98 Å². The summed E-state index contributed by atoms with van der Waals surface area (Å²) in [7, 11) is 0. The Hall–Kier alpha value is -1.59. The summed E-state index contributed by atoms with van der Waals surface area (Å²) in [4.78, 5) is 17.3. The van der Waals surface area contributed by atoms with Crippen LogP contribution in [-0.4, -0.2) is 16.8 Å². The van der Waals surface area contributed by atoms with Gasteiger partial charge < -0.3 is 11.1 Å². The summed E-state index contributed by atoms with van der Waals surface area (Å²) in [5.41, 5.74) is 6.39. The molecule has 0 saturated heterocycles. The fourth-order valence-electron chi connectivity index (χ4n) is 2.75. The normalized spacial score (nSPS) is 15.7. The molecule has 0 spiro atoms. The molecule has 4 nitrogen and oxygen atoms in total. The molecule has 1 aliphatic carbocycles. The minimum Gasteiger partial charge on any atom is -0.382 e. The van der Waals surface area contributed by atoms with Crippen molar-refractivity contribution in [2.45, 2.75) is 38.1 Å². The van der Waals surface area contributed by atoms with Gasteiger partial charge in [-0.05, 0) is 25.0 Å². The summed E-state index contributed by atoms with van der Waals surface area (Å²) in [5.74, 6) is 0.102. The van der Waals surface area contributed by atoms with E-state index in [0.717, 1.165) is 18.0 Å². The van der Waals surface area contributed by atoms with Crippen molar-refractivity contribution in [1.29, 1.82) is 0 Å². The molecule has 0 radical (unpaired) electrons. The van der Waals surface area contributed by atoms with Gasteiger partial charge in [-0.25, -0.2) is 4.98 Å². The van der Waals surface area contributed by atoms with Crippen molar-refractivity contribution < 1.29 is 4.79 Å². The molecular weight excluding hydrogens is 318 g/mol. The van der Waals surface area contributed by atoms with Crippen molar-refractivity contribution >= 4 is 39.7 Å². The van der Waals surface area contributed by atoms with Gasteiger partial charge in [0.2, 0.25) is 5.78 Å². The van der Waals surface area contributed by atoms with Crippen LogP contribution in [0.1, 0.15) is 47.3 Å². The predicted octanol–water partition coefficient (Wildman–Crippen LogP) is 4.35. The summed E-state index contributed by atoms with van der Waals surface area (Å²) in [6, 6.07) is 7.43. The van der Waals surface area contributed by atoms with Crippen LogP contribution in [0.2, 0.25) is 5.02 Å². The van der Waals surface area contributed by atoms with Crippen molar-refractivity contribution in [3.63, 3.8) is 0 Å². The number of nitrogen functional groups attached to an aromatic ring is 1. The number of hydrogen-bond donors (Lipinski definition) is 2. The molecule has 1 saturated carbocycles. The number of hydrogen-bond acceptors (Lipinski definition) is 5. The lowest BCUT2D eigenvalue weighted by atomic mass is 9.96. The molecule has 1 fully saturated rings. The van der Waals surface area contributed by atoms with Crippen LogP contribution in [0.5, 0.6) is 0 Å². The van der Waals surface area contributed by atoms with E-state index in [1.807, 2.05) is 0 Å². The third-order valence-electron chi connectivity index (χ3n) is 3.91. The summed E-state index contributed by atoms with van der Waals surface area (Å²) in [6.45, 7) is 0. The lowest BCUT2D eigenvalue weighted by Crippen LogP contribution is -2.22. The molecule has 0 aliphatic heterocycles. The Balaban J connectivity index is 1.80. The van der Waals surface area contributed by atoms with E-state index in [-0.39, 0.29) is 11.6 Å². The molecule has 0 bridgehead atoms. The molecule has 3 rings (SSSR count). The number of nitrogens with one attached hydrogen (secondary N) is 1. The van der Waals surface area contributed by atoms with Gasteiger partial charge in [-0.2, -0.15) is 0 Å². The molecule has 6 heteroatoms. The predicted molar refractivity (Wildman–Crippen MR) is 91.9 cm³/mol. The zero-order valence-electron chi connectivity index (χ0n) is 12.1. The standard InChI is InChI=1S/C16H18ClN3OS/c17-12-9-5-4-8-11(12)13(21)14-15(18)20-16(22-14)19-10-6-2-1-3-7-10/h4-5,8-10H,1-3,6-7,18H2,(H,19,20). The van der Waals surface area contributed by atoms with E-state index >= 15 is 0 Å². The molecule has 3 N–H and O–H groups in total. The number of nitrogens with two attached hydrogens (primary N) is 1. The van der Waals surface area contributed by atoms with Crippen molar-refractivity contribution in [2.75, 3.05) is 11.1 Å². The first-order chi connectivity index (χ1) is 10.6. The molecule has 22 heavy (non-hydrogen) atoms. The smallest absolute Gasteiger partial charge is 0.208 e. The molecule has 1 aromatic carbocycles. The third-order valence-corrected chi connectivity index (χ3v) is 5.24. The van der Waals surface area contributed by atoms with Gasteiger partial charge in [0.05, 0.1) is 5.02 Å². The van der Waals surface area contributed by atoms with Gasteiger partial charge in [-0.15, -0.1) is 0 Å².